The maximum Gasteiger partial charge on any atom is 0.326 e. The Morgan fingerprint density at radius 3 is 2.52 bits per heavy atom. The number of nitrogens with zero attached hydrogens (tertiary/aromatic N) is 1. The fourth-order valence-corrected chi connectivity index (χ4v) is 2.43. The SMILES string of the molecule is NCC(=O)N1C[C@@H](NC(=O)c2ccccc2)C[C@H]1C(=O)O. The van der Waals surface area contributed by atoms with E-state index in [2.05, 4.69) is 5.32 Å². The van der Waals surface area contributed by atoms with Gasteiger partial charge in [-0.1, -0.05) is 18.2 Å². The first-order valence-corrected chi connectivity index (χ1v) is 6.61. The van der Waals surface area contributed by atoms with Gasteiger partial charge in [-0.2, -0.15) is 0 Å². The van der Waals surface area contributed by atoms with E-state index in [0.29, 0.717) is 5.56 Å². The maximum atomic E-state index is 12.0. The van der Waals surface area contributed by atoms with E-state index in [-0.39, 0.29) is 25.4 Å². The van der Waals surface area contributed by atoms with Gasteiger partial charge in [0.25, 0.3) is 5.91 Å². The van der Waals surface area contributed by atoms with E-state index in [1.54, 1.807) is 30.3 Å². The van der Waals surface area contributed by atoms with Crippen molar-refractivity contribution in [1.82, 2.24) is 10.2 Å². The number of carboxylic acid groups (broad SMARTS) is 1. The van der Waals surface area contributed by atoms with Crippen LogP contribution in [0, 0.1) is 0 Å². The summed E-state index contributed by atoms with van der Waals surface area (Å²) in [6.07, 6.45) is 0.180. The van der Waals surface area contributed by atoms with Crippen LogP contribution in [0.1, 0.15) is 16.8 Å². The van der Waals surface area contributed by atoms with Crippen molar-refractivity contribution < 1.29 is 19.5 Å². The van der Waals surface area contributed by atoms with Crippen molar-refractivity contribution in [1.29, 1.82) is 0 Å². The van der Waals surface area contributed by atoms with Crippen LogP contribution < -0.4 is 11.1 Å². The van der Waals surface area contributed by atoms with Gasteiger partial charge in [-0.25, -0.2) is 4.79 Å². The molecule has 0 aliphatic carbocycles. The van der Waals surface area contributed by atoms with Crippen LogP contribution in [-0.2, 0) is 9.59 Å². The predicted molar refractivity (Wildman–Crippen MR) is 74.5 cm³/mol. The first-order chi connectivity index (χ1) is 10.0. The molecule has 1 saturated heterocycles. The molecule has 7 nitrogen and oxygen atoms in total. The summed E-state index contributed by atoms with van der Waals surface area (Å²) >= 11 is 0. The highest BCUT2D eigenvalue weighted by molar-refractivity contribution is 5.94. The number of amides is 2. The molecule has 0 saturated carbocycles. The lowest BCUT2D eigenvalue weighted by Crippen LogP contribution is -2.44. The summed E-state index contributed by atoms with van der Waals surface area (Å²) in [5.74, 6) is -1.81. The maximum absolute atomic E-state index is 12.0. The molecule has 1 aromatic rings. The summed E-state index contributed by atoms with van der Waals surface area (Å²) in [4.78, 5) is 36.1. The highest BCUT2D eigenvalue weighted by atomic mass is 16.4. The summed E-state index contributed by atoms with van der Waals surface area (Å²) in [5, 5.41) is 11.9. The molecule has 1 aromatic carbocycles. The number of hydrogen-bond acceptors (Lipinski definition) is 4. The zero-order valence-corrected chi connectivity index (χ0v) is 11.4. The second kappa shape index (κ2) is 6.36. The first-order valence-electron chi connectivity index (χ1n) is 6.61. The predicted octanol–water partition coefficient (Wildman–Crippen LogP) is -0.571. The van der Waals surface area contributed by atoms with E-state index >= 15 is 0 Å². The summed E-state index contributed by atoms with van der Waals surface area (Å²) in [5.41, 5.74) is 5.77. The molecule has 1 heterocycles. The van der Waals surface area contributed by atoms with E-state index < -0.39 is 24.0 Å². The van der Waals surface area contributed by atoms with Crippen molar-refractivity contribution in [3.8, 4) is 0 Å². The zero-order valence-electron chi connectivity index (χ0n) is 11.4. The number of carbonyl (C=O) groups excluding carboxylic acids is 2. The van der Waals surface area contributed by atoms with Gasteiger partial charge in [-0.05, 0) is 12.1 Å². The molecule has 1 aliphatic rings. The number of carbonyl (C=O) groups is 3. The summed E-state index contributed by atoms with van der Waals surface area (Å²) in [6.45, 7) is -0.0886. The van der Waals surface area contributed by atoms with Crippen LogP contribution in [0.15, 0.2) is 30.3 Å². The molecular weight excluding hydrogens is 274 g/mol. The molecule has 1 aliphatic heterocycles. The monoisotopic (exact) mass is 291 g/mol. The van der Waals surface area contributed by atoms with E-state index in [9.17, 15) is 14.4 Å². The molecule has 21 heavy (non-hydrogen) atoms. The van der Waals surface area contributed by atoms with Gasteiger partial charge in [0.05, 0.1) is 6.54 Å². The van der Waals surface area contributed by atoms with Crippen LogP contribution in [0.25, 0.3) is 0 Å². The minimum Gasteiger partial charge on any atom is -0.480 e. The van der Waals surface area contributed by atoms with Crippen molar-refractivity contribution in [3.05, 3.63) is 35.9 Å². The van der Waals surface area contributed by atoms with Gasteiger partial charge in [0.2, 0.25) is 5.91 Å². The largest absolute Gasteiger partial charge is 0.480 e. The molecule has 112 valence electrons. The number of carboxylic acids is 1. The Hall–Kier alpha value is -2.41. The van der Waals surface area contributed by atoms with Crippen molar-refractivity contribution in [3.63, 3.8) is 0 Å². The highest BCUT2D eigenvalue weighted by Crippen LogP contribution is 2.18. The fraction of sp³-hybridized carbons (Fsp3) is 0.357. The van der Waals surface area contributed by atoms with Crippen molar-refractivity contribution in [2.45, 2.75) is 18.5 Å². The van der Waals surface area contributed by atoms with Crippen LogP contribution in [-0.4, -0.2) is 53.0 Å². The van der Waals surface area contributed by atoms with Crippen LogP contribution in [0.2, 0.25) is 0 Å². The molecule has 0 bridgehead atoms. The van der Waals surface area contributed by atoms with E-state index in [1.807, 2.05) is 0 Å². The lowest BCUT2D eigenvalue weighted by atomic mass is 10.1. The van der Waals surface area contributed by atoms with Crippen molar-refractivity contribution in [2.75, 3.05) is 13.1 Å². The zero-order chi connectivity index (χ0) is 15.4. The Morgan fingerprint density at radius 1 is 1.29 bits per heavy atom. The summed E-state index contributed by atoms with van der Waals surface area (Å²) in [6, 6.07) is 7.29. The van der Waals surface area contributed by atoms with Gasteiger partial charge in [0.1, 0.15) is 6.04 Å². The third-order valence-corrected chi connectivity index (χ3v) is 3.45. The quantitative estimate of drug-likeness (QED) is 0.687. The molecule has 0 unspecified atom stereocenters. The van der Waals surface area contributed by atoms with E-state index in [1.165, 1.54) is 4.90 Å². The average Bonchev–Trinajstić information content (AvgIpc) is 2.91. The Labute approximate surface area is 121 Å². The molecule has 4 N–H and O–H groups in total. The van der Waals surface area contributed by atoms with Gasteiger partial charge in [-0.3, -0.25) is 9.59 Å². The standard InChI is InChI=1S/C14H17N3O4/c15-7-12(18)17-8-10(6-11(17)14(20)21)16-13(19)9-4-2-1-3-5-9/h1-5,10-11H,6-8,15H2,(H,16,19)(H,20,21)/t10-,11-/m0/s1. The van der Waals surface area contributed by atoms with E-state index in [4.69, 9.17) is 10.8 Å². The third-order valence-electron chi connectivity index (χ3n) is 3.45. The number of rotatable bonds is 4. The highest BCUT2D eigenvalue weighted by Gasteiger charge is 2.39. The summed E-state index contributed by atoms with van der Waals surface area (Å²) in [7, 11) is 0. The second-order valence-electron chi connectivity index (χ2n) is 4.88. The molecule has 1 fully saturated rings. The number of nitrogens with two attached hydrogens (primary N) is 1. The molecular formula is C14H17N3O4. The molecule has 2 atom stereocenters. The van der Waals surface area contributed by atoms with E-state index in [0.717, 1.165) is 0 Å². The third kappa shape index (κ3) is 3.38. The molecule has 0 spiro atoms. The van der Waals surface area contributed by atoms with Crippen molar-refractivity contribution in [2.24, 2.45) is 5.73 Å². The topological polar surface area (TPSA) is 113 Å². The van der Waals surface area contributed by atoms with Gasteiger partial charge in [0, 0.05) is 24.6 Å². The average molecular weight is 291 g/mol. The molecule has 2 amide bonds. The molecule has 0 radical (unpaired) electrons. The minimum atomic E-state index is -1.09. The van der Waals surface area contributed by atoms with Crippen LogP contribution in [0.5, 0.6) is 0 Å². The van der Waals surface area contributed by atoms with Crippen LogP contribution in [0.3, 0.4) is 0 Å². The Balaban J connectivity index is 2.04. The Morgan fingerprint density at radius 2 is 1.95 bits per heavy atom. The van der Waals surface area contributed by atoms with Gasteiger partial charge in [-0.15, -0.1) is 0 Å². The normalized spacial score (nSPS) is 21.1. The molecule has 7 heteroatoms. The summed E-state index contributed by atoms with van der Waals surface area (Å²) < 4.78 is 0. The van der Waals surface area contributed by atoms with Gasteiger partial charge < -0.3 is 21.1 Å². The fourth-order valence-electron chi connectivity index (χ4n) is 2.43. The number of likely N-dealkylation sites (tertiary alicyclic amines) is 1. The number of aliphatic carboxylic acids is 1. The van der Waals surface area contributed by atoms with Crippen molar-refractivity contribution >= 4 is 17.8 Å². The smallest absolute Gasteiger partial charge is 0.326 e. The van der Waals surface area contributed by atoms with Gasteiger partial charge in [0.15, 0.2) is 0 Å². The lowest BCUT2D eigenvalue weighted by Gasteiger charge is -2.20. The Kier molecular flexibility index (Phi) is 4.54. The molecule has 0 aromatic heterocycles. The minimum absolute atomic E-state index is 0.158. The number of hydrogen-bond donors (Lipinski definition) is 3. The van der Waals surface area contributed by atoms with Crippen LogP contribution >= 0.6 is 0 Å². The lowest BCUT2D eigenvalue weighted by molar-refractivity contribution is -0.147. The number of nitrogens with one attached hydrogen (secondary N) is 1. The first kappa shape index (κ1) is 15.0. The van der Waals surface area contributed by atoms with Gasteiger partial charge >= 0.3 is 5.97 Å². The Bertz CT molecular complexity index is 546. The van der Waals surface area contributed by atoms with Crippen LogP contribution in [0.4, 0.5) is 0 Å². The molecule has 2 rings (SSSR count). The number of benzene rings is 1. The second-order valence-corrected chi connectivity index (χ2v) is 4.88.